The lowest BCUT2D eigenvalue weighted by Gasteiger charge is -2.18. The van der Waals surface area contributed by atoms with E-state index in [2.05, 4.69) is 0 Å². The molecule has 82 valence electrons. The lowest BCUT2D eigenvalue weighted by Crippen LogP contribution is -2.18. The fraction of sp³-hybridized carbons (Fsp3) is 0.417. The zero-order chi connectivity index (χ0) is 11.3. The summed E-state index contributed by atoms with van der Waals surface area (Å²) < 4.78 is 0.866. The molecule has 0 aliphatic rings. The number of hydrogen-bond donors (Lipinski definition) is 1. The fourth-order valence-corrected chi connectivity index (χ4v) is 1.92. The predicted octanol–water partition coefficient (Wildman–Crippen LogP) is 3.23. The number of hydrogen-bond acceptors (Lipinski definition) is 3. The van der Waals surface area contributed by atoms with E-state index in [0.717, 1.165) is 9.76 Å². The van der Waals surface area contributed by atoms with Crippen LogP contribution in [0, 0.1) is 0 Å². The molecule has 1 aromatic rings. The first-order valence-corrected chi connectivity index (χ1v) is 6.58. The lowest BCUT2D eigenvalue weighted by atomic mass is 9.94. The van der Waals surface area contributed by atoms with E-state index in [-0.39, 0.29) is 12.0 Å². The molecule has 1 nitrogen and oxygen atoms in total. The summed E-state index contributed by atoms with van der Waals surface area (Å²) in [5.74, 6) is 0.135. The van der Waals surface area contributed by atoms with E-state index >= 15 is 0 Å². The Kier molecular flexibility index (Phi) is 5.29. The molecule has 3 heteroatoms. The average Bonchev–Trinajstić information content (AvgIpc) is 2.29. The van der Waals surface area contributed by atoms with E-state index in [9.17, 15) is 5.11 Å². The third kappa shape index (κ3) is 3.93. The van der Waals surface area contributed by atoms with Crippen molar-refractivity contribution in [3.8, 4) is 0 Å². The summed E-state index contributed by atoms with van der Waals surface area (Å²) >= 11 is 6.64. The monoisotopic (exact) mass is 240 g/mol. The smallest absolute Gasteiger partial charge is 0.0659 e. The molecule has 0 spiro atoms. The summed E-state index contributed by atoms with van der Waals surface area (Å²) in [6.45, 7) is 2.03. The van der Waals surface area contributed by atoms with E-state index in [4.69, 9.17) is 12.2 Å². The molecule has 0 unspecified atom stereocenters. The second-order valence-corrected chi connectivity index (χ2v) is 5.20. The second kappa shape index (κ2) is 6.26. The quantitative estimate of drug-likeness (QED) is 0.816. The third-order valence-electron chi connectivity index (χ3n) is 2.51. The minimum atomic E-state index is -0.382. The van der Waals surface area contributed by atoms with Gasteiger partial charge in [0.15, 0.2) is 0 Å². The Morgan fingerprint density at radius 2 is 2.00 bits per heavy atom. The summed E-state index contributed by atoms with van der Waals surface area (Å²) in [5, 5.41) is 9.97. The number of aliphatic hydroxyl groups excluding tert-OH is 1. The summed E-state index contributed by atoms with van der Waals surface area (Å²) in [4.78, 5) is 0. The molecular weight excluding hydrogens is 224 g/mol. The number of thiocarbonyl (C=S) groups is 1. The van der Waals surface area contributed by atoms with Gasteiger partial charge >= 0.3 is 0 Å². The Labute approximate surface area is 101 Å². The van der Waals surface area contributed by atoms with E-state index in [1.807, 2.05) is 43.5 Å². The van der Waals surface area contributed by atoms with Crippen LogP contribution in [0.2, 0.25) is 0 Å². The van der Waals surface area contributed by atoms with Crippen LogP contribution in [-0.2, 0) is 0 Å². The van der Waals surface area contributed by atoms with Crippen molar-refractivity contribution in [1.82, 2.24) is 0 Å². The normalized spacial score (nSPS) is 14.6. The Bertz CT molecular complexity index is 311. The Morgan fingerprint density at radius 1 is 1.40 bits per heavy atom. The summed E-state index contributed by atoms with van der Waals surface area (Å²) in [7, 11) is 0. The van der Waals surface area contributed by atoms with Crippen LogP contribution in [0.3, 0.4) is 0 Å². The van der Waals surface area contributed by atoms with Gasteiger partial charge in [-0.3, -0.25) is 0 Å². The highest BCUT2D eigenvalue weighted by Crippen LogP contribution is 2.22. The van der Waals surface area contributed by atoms with E-state index < -0.39 is 0 Å². The third-order valence-corrected chi connectivity index (χ3v) is 3.79. The van der Waals surface area contributed by atoms with Gasteiger partial charge in [0, 0.05) is 12.3 Å². The van der Waals surface area contributed by atoms with Gasteiger partial charge in [0.2, 0.25) is 0 Å². The van der Waals surface area contributed by atoms with Crippen molar-refractivity contribution in [1.29, 1.82) is 0 Å². The lowest BCUT2D eigenvalue weighted by molar-refractivity contribution is 0.158. The predicted molar refractivity (Wildman–Crippen MR) is 71.6 cm³/mol. The molecule has 0 aromatic heterocycles. The van der Waals surface area contributed by atoms with Gasteiger partial charge in [-0.05, 0) is 11.8 Å². The largest absolute Gasteiger partial charge is 0.392 e. The fourth-order valence-electron chi connectivity index (χ4n) is 1.41. The first-order valence-electron chi connectivity index (χ1n) is 4.95. The van der Waals surface area contributed by atoms with Crippen LogP contribution in [0.25, 0.3) is 0 Å². The Morgan fingerprint density at radius 3 is 2.53 bits per heavy atom. The molecule has 0 amide bonds. The minimum Gasteiger partial charge on any atom is -0.392 e. The maximum absolute atomic E-state index is 9.97. The van der Waals surface area contributed by atoms with Gasteiger partial charge < -0.3 is 5.11 Å². The highest BCUT2D eigenvalue weighted by molar-refractivity contribution is 8.22. The van der Waals surface area contributed by atoms with Crippen molar-refractivity contribution in [2.24, 2.45) is 0 Å². The van der Waals surface area contributed by atoms with Gasteiger partial charge in [0.25, 0.3) is 0 Å². The van der Waals surface area contributed by atoms with Crippen molar-refractivity contribution in [2.45, 2.75) is 25.4 Å². The maximum Gasteiger partial charge on any atom is 0.0659 e. The van der Waals surface area contributed by atoms with Crippen molar-refractivity contribution in [3.05, 3.63) is 35.9 Å². The molecule has 0 aliphatic carbocycles. The summed E-state index contributed by atoms with van der Waals surface area (Å²) in [5.41, 5.74) is 1.16. The second-order valence-electron chi connectivity index (χ2n) is 3.55. The zero-order valence-electron chi connectivity index (χ0n) is 9.01. The van der Waals surface area contributed by atoms with Crippen molar-refractivity contribution in [2.75, 3.05) is 6.26 Å². The van der Waals surface area contributed by atoms with E-state index in [1.54, 1.807) is 0 Å². The maximum atomic E-state index is 9.97. The molecule has 0 aliphatic heterocycles. The van der Waals surface area contributed by atoms with Crippen LogP contribution in [-0.4, -0.2) is 21.7 Å². The van der Waals surface area contributed by atoms with Gasteiger partial charge in [-0.1, -0.05) is 49.5 Å². The number of rotatable bonds is 4. The van der Waals surface area contributed by atoms with E-state index in [0.29, 0.717) is 6.42 Å². The highest BCUT2D eigenvalue weighted by Gasteiger charge is 2.17. The Hall–Kier alpha value is -0.380. The van der Waals surface area contributed by atoms with E-state index in [1.165, 1.54) is 11.8 Å². The van der Waals surface area contributed by atoms with Gasteiger partial charge in [-0.25, -0.2) is 0 Å². The zero-order valence-corrected chi connectivity index (χ0v) is 10.6. The molecular formula is C12H16OS2. The first kappa shape index (κ1) is 12.7. The van der Waals surface area contributed by atoms with Crippen LogP contribution in [0.4, 0.5) is 0 Å². The van der Waals surface area contributed by atoms with Crippen LogP contribution in [0.5, 0.6) is 0 Å². The van der Waals surface area contributed by atoms with Gasteiger partial charge in [0.05, 0.1) is 10.3 Å². The molecule has 1 N–H and O–H groups in total. The number of benzene rings is 1. The molecule has 1 aromatic carbocycles. The molecule has 0 saturated heterocycles. The molecule has 0 heterocycles. The molecule has 1 rings (SSSR count). The van der Waals surface area contributed by atoms with Gasteiger partial charge in [0.1, 0.15) is 0 Å². The van der Waals surface area contributed by atoms with Crippen LogP contribution < -0.4 is 0 Å². The topological polar surface area (TPSA) is 20.2 Å². The van der Waals surface area contributed by atoms with Crippen molar-refractivity contribution < 1.29 is 5.11 Å². The SMILES string of the molecule is CSC(=S)C[C@H](O)[C@H](C)c1ccccc1. The molecule has 0 saturated carbocycles. The minimum absolute atomic E-state index is 0.135. The first-order chi connectivity index (χ1) is 7.15. The van der Waals surface area contributed by atoms with Crippen molar-refractivity contribution >= 4 is 28.2 Å². The van der Waals surface area contributed by atoms with Crippen molar-refractivity contribution in [3.63, 3.8) is 0 Å². The molecule has 15 heavy (non-hydrogen) atoms. The molecule has 0 fully saturated rings. The van der Waals surface area contributed by atoms with Gasteiger partial charge in [-0.2, -0.15) is 0 Å². The van der Waals surface area contributed by atoms with Crippen LogP contribution in [0.1, 0.15) is 24.8 Å². The molecule has 0 bridgehead atoms. The summed E-state index contributed by atoms with van der Waals surface area (Å²) in [6, 6.07) is 10.0. The van der Waals surface area contributed by atoms with Crippen LogP contribution in [0.15, 0.2) is 30.3 Å². The standard InChI is InChI=1S/C12H16OS2/c1-9(10-6-4-3-5-7-10)11(13)8-12(14)15-2/h3-7,9,11,13H,8H2,1-2H3/t9-,11+/m1/s1. The highest BCUT2D eigenvalue weighted by atomic mass is 32.2. The molecule has 0 radical (unpaired) electrons. The summed E-state index contributed by atoms with van der Waals surface area (Å²) in [6.07, 6.45) is 2.15. The Balaban J connectivity index is 2.61. The van der Waals surface area contributed by atoms with Gasteiger partial charge in [-0.15, -0.1) is 11.8 Å². The van der Waals surface area contributed by atoms with Crippen LogP contribution >= 0.6 is 24.0 Å². The number of aliphatic hydroxyl groups is 1. The number of thioether (sulfide) groups is 1. The average molecular weight is 240 g/mol. The molecule has 2 atom stereocenters.